The van der Waals surface area contributed by atoms with E-state index in [4.69, 9.17) is 0 Å². The van der Waals surface area contributed by atoms with Gasteiger partial charge in [-0.25, -0.2) is 0 Å². The first-order valence-corrected chi connectivity index (χ1v) is 7.52. The Kier molecular flexibility index (Phi) is 3.42. The van der Waals surface area contributed by atoms with E-state index in [0.29, 0.717) is 6.04 Å². The fourth-order valence-corrected chi connectivity index (χ4v) is 3.97. The van der Waals surface area contributed by atoms with Crippen LogP contribution < -0.4 is 5.32 Å². The van der Waals surface area contributed by atoms with Crippen LogP contribution in [0.4, 0.5) is 0 Å². The van der Waals surface area contributed by atoms with Crippen LogP contribution in [0, 0.1) is 17.8 Å². The predicted octanol–water partition coefficient (Wildman–Crippen LogP) is 2.99. The van der Waals surface area contributed by atoms with E-state index in [2.05, 4.69) is 35.1 Å². The zero-order chi connectivity index (χ0) is 12.5. The average Bonchev–Trinajstić information content (AvgIpc) is 3.04. The van der Waals surface area contributed by atoms with Crippen LogP contribution in [0.15, 0.2) is 12.4 Å². The Hall–Kier alpha value is -0.830. The minimum Gasteiger partial charge on any atom is -0.310 e. The number of nitrogens with zero attached hydrogens (tertiary/aromatic N) is 2. The molecule has 4 unspecified atom stereocenters. The first kappa shape index (κ1) is 12.2. The second-order valence-corrected chi connectivity index (χ2v) is 6.21. The molecular formula is C15H25N3. The first-order valence-electron chi connectivity index (χ1n) is 7.52. The molecule has 0 radical (unpaired) electrons. The number of hydrogen-bond donors (Lipinski definition) is 1. The molecule has 0 saturated heterocycles. The van der Waals surface area contributed by atoms with Gasteiger partial charge in [-0.2, -0.15) is 5.10 Å². The van der Waals surface area contributed by atoms with E-state index in [0.717, 1.165) is 30.8 Å². The molecule has 3 rings (SSSR count). The summed E-state index contributed by atoms with van der Waals surface area (Å²) in [6, 6.07) is 0.420. The number of fused-ring (bicyclic) bond motifs is 2. The van der Waals surface area contributed by atoms with Gasteiger partial charge >= 0.3 is 0 Å². The highest BCUT2D eigenvalue weighted by atomic mass is 15.3. The quantitative estimate of drug-likeness (QED) is 0.867. The molecule has 1 aromatic heterocycles. The third-order valence-electron chi connectivity index (χ3n) is 4.97. The second-order valence-electron chi connectivity index (χ2n) is 6.21. The normalized spacial score (nSPS) is 32.0. The molecule has 4 atom stereocenters. The van der Waals surface area contributed by atoms with Gasteiger partial charge < -0.3 is 5.32 Å². The summed E-state index contributed by atoms with van der Waals surface area (Å²) in [5, 5.41) is 7.99. The van der Waals surface area contributed by atoms with Crippen molar-refractivity contribution in [3.05, 3.63) is 18.0 Å². The van der Waals surface area contributed by atoms with Crippen LogP contribution in [0.2, 0.25) is 0 Å². The van der Waals surface area contributed by atoms with Gasteiger partial charge in [0.15, 0.2) is 0 Å². The summed E-state index contributed by atoms with van der Waals surface area (Å²) in [5.41, 5.74) is 1.32. The molecule has 1 aromatic rings. The molecule has 0 amide bonds. The lowest BCUT2D eigenvalue weighted by Crippen LogP contribution is -2.18. The molecule has 1 heterocycles. The number of hydrogen-bond acceptors (Lipinski definition) is 2. The maximum Gasteiger partial charge on any atom is 0.0537 e. The Balaban J connectivity index is 1.60. The highest BCUT2D eigenvalue weighted by molar-refractivity contribution is 5.09. The summed E-state index contributed by atoms with van der Waals surface area (Å²) in [6.45, 7) is 6.51. The zero-order valence-electron chi connectivity index (χ0n) is 11.6. The van der Waals surface area contributed by atoms with Crippen LogP contribution in [0.3, 0.4) is 0 Å². The van der Waals surface area contributed by atoms with E-state index >= 15 is 0 Å². The molecule has 0 aromatic carbocycles. The lowest BCUT2D eigenvalue weighted by atomic mass is 9.89. The average molecular weight is 247 g/mol. The Morgan fingerprint density at radius 2 is 2.33 bits per heavy atom. The van der Waals surface area contributed by atoms with E-state index in [1.54, 1.807) is 0 Å². The van der Waals surface area contributed by atoms with Crippen LogP contribution in [-0.2, 0) is 6.54 Å². The standard InChI is InChI=1S/C15H25N3/c1-3-16-11(2)15-8-17-18(10-15)9-14-7-12-4-5-13(14)6-12/h8,10-14,16H,3-7,9H2,1-2H3. The van der Waals surface area contributed by atoms with Gasteiger partial charge in [-0.05, 0) is 50.5 Å². The Labute approximate surface area is 110 Å². The van der Waals surface area contributed by atoms with Gasteiger partial charge in [0.25, 0.3) is 0 Å². The van der Waals surface area contributed by atoms with Gasteiger partial charge in [-0.3, -0.25) is 4.68 Å². The molecule has 2 fully saturated rings. The van der Waals surface area contributed by atoms with Crippen molar-refractivity contribution in [2.45, 2.75) is 52.1 Å². The second kappa shape index (κ2) is 5.04. The van der Waals surface area contributed by atoms with Gasteiger partial charge in [-0.1, -0.05) is 13.3 Å². The summed E-state index contributed by atoms with van der Waals surface area (Å²) in [7, 11) is 0. The lowest BCUT2D eigenvalue weighted by molar-refractivity contribution is 0.285. The minimum atomic E-state index is 0.420. The maximum absolute atomic E-state index is 4.54. The minimum absolute atomic E-state index is 0.420. The van der Waals surface area contributed by atoms with Crippen molar-refractivity contribution in [1.29, 1.82) is 0 Å². The van der Waals surface area contributed by atoms with Gasteiger partial charge in [-0.15, -0.1) is 0 Å². The third-order valence-corrected chi connectivity index (χ3v) is 4.97. The fraction of sp³-hybridized carbons (Fsp3) is 0.800. The van der Waals surface area contributed by atoms with Gasteiger partial charge in [0.05, 0.1) is 6.20 Å². The van der Waals surface area contributed by atoms with Crippen LogP contribution in [0.25, 0.3) is 0 Å². The lowest BCUT2D eigenvalue weighted by Gasteiger charge is -2.21. The molecule has 3 nitrogen and oxygen atoms in total. The SMILES string of the molecule is CCNC(C)c1cnn(CC2CC3CCC2C3)c1. The van der Waals surface area contributed by atoms with Crippen LogP contribution in [-0.4, -0.2) is 16.3 Å². The maximum atomic E-state index is 4.54. The number of rotatable bonds is 5. The highest BCUT2D eigenvalue weighted by Crippen LogP contribution is 2.48. The summed E-state index contributed by atoms with van der Waals surface area (Å²) >= 11 is 0. The van der Waals surface area contributed by atoms with Crippen molar-refractivity contribution in [1.82, 2.24) is 15.1 Å². The Morgan fingerprint density at radius 3 is 3.00 bits per heavy atom. The molecular weight excluding hydrogens is 222 g/mol. The molecule has 3 heteroatoms. The van der Waals surface area contributed by atoms with Gasteiger partial charge in [0, 0.05) is 24.3 Å². The van der Waals surface area contributed by atoms with E-state index in [1.165, 1.54) is 31.2 Å². The molecule has 1 N–H and O–H groups in total. The van der Waals surface area contributed by atoms with Crippen molar-refractivity contribution in [2.24, 2.45) is 17.8 Å². The summed E-state index contributed by atoms with van der Waals surface area (Å²) in [4.78, 5) is 0. The topological polar surface area (TPSA) is 29.9 Å². The van der Waals surface area contributed by atoms with Crippen molar-refractivity contribution in [2.75, 3.05) is 6.54 Å². The van der Waals surface area contributed by atoms with Gasteiger partial charge in [0.1, 0.15) is 0 Å². The van der Waals surface area contributed by atoms with E-state index < -0.39 is 0 Å². The number of aromatic nitrogens is 2. The highest BCUT2D eigenvalue weighted by Gasteiger charge is 2.39. The molecule has 100 valence electrons. The molecule has 2 aliphatic carbocycles. The predicted molar refractivity (Wildman–Crippen MR) is 73.3 cm³/mol. The summed E-state index contributed by atoms with van der Waals surface area (Å²) in [6.07, 6.45) is 10.2. The van der Waals surface area contributed by atoms with Crippen LogP contribution in [0.1, 0.15) is 51.1 Å². The van der Waals surface area contributed by atoms with Crippen molar-refractivity contribution < 1.29 is 0 Å². The smallest absolute Gasteiger partial charge is 0.0537 e. The summed E-state index contributed by atoms with van der Waals surface area (Å²) in [5.74, 6) is 2.93. The third kappa shape index (κ3) is 2.33. The van der Waals surface area contributed by atoms with Gasteiger partial charge in [0.2, 0.25) is 0 Å². The van der Waals surface area contributed by atoms with E-state index in [9.17, 15) is 0 Å². The van der Waals surface area contributed by atoms with Crippen LogP contribution >= 0.6 is 0 Å². The number of nitrogens with one attached hydrogen (secondary N) is 1. The summed E-state index contributed by atoms with van der Waals surface area (Å²) < 4.78 is 2.18. The Morgan fingerprint density at radius 1 is 1.44 bits per heavy atom. The zero-order valence-corrected chi connectivity index (χ0v) is 11.6. The molecule has 2 saturated carbocycles. The first-order chi connectivity index (χ1) is 8.76. The monoisotopic (exact) mass is 247 g/mol. The molecule has 0 aliphatic heterocycles. The van der Waals surface area contributed by atoms with E-state index in [1.807, 2.05) is 6.20 Å². The van der Waals surface area contributed by atoms with Crippen molar-refractivity contribution in [3.63, 3.8) is 0 Å². The van der Waals surface area contributed by atoms with Crippen molar-refractivity contribution >= 4 is 0 Å². The molecule has 2 bridgehead atoms. The van der Waals surface area contributed by atoms with E-state index in [-0.39, 0.29) is 0 Å². The molecule has 18 heavy (non-hydrogen) atoms. The van der Waals surface area contributed by atoms with Crippen LogP contribution in [0.5, 0.6) is 0 Å². The van der Waals surface area contributed by atoms with Crippen molar-refractivity contribution in [3.8, 4) is 0 Å². The molecule has 0 spiro atoms. The fourth-order valence-electron chi connectivity index (χ4n) is 3.97. The Bertz CT molecular complexity index is 398. The molecule has 2 aliphatic rings. The largest absolute Gasteiger partial charge is 0.310 e.